The van der Waals surface area contributed by atoms with Crippen molar-refractivity contribution in [1.29, 1.82) is 0 Å². The normalized spacial score (nSPS) is 10.7. The van der Waals surface area contributed by atoms with Crippen LogP contribution in [0.15, 0.2) is 34.8 Å². The van der Waals surface area contributed by atoms with E-state index in [2.05, 4.69) is 41.8 Å². The minimum Gasteiger partial charge on any atom is -0.309 e. The first kappa shape index (κ1) is 15.3. The van der Waals surface area contributed by atoms with Gasteiger partial charge in [0.05, 0.1) is 5.69 Å². The van der Waals surface area contributed by atoms with E-state index in [1.165, 1.54) is 4.80 Å². The Morgan fingerprint density at radius 1 is 1.26 bits per heavy atom. The zero-order valence-corrected chi connectivity index (χ0v) is 14.1. The third-order valence-electron chi connectivity index (χ3n) is 3.11. The lowest BCUT2D eigenvalue weighted by Gasteiger charge is -2.03. The van der Waals surface area contributed by atoms with Crippen LogP contribution in [0.25, 0.3) is 11.4 Å². The van der Waals surface area contributed by atoms with E-state index in [-0.39, 0.29) is 12.5 Å². The zero-order valence-electron chi connectivity index (χ0n) is 12.6. The molecule has 0 unspecified atom stereocenters. The number of carbonyl (C=O) groups excluding carboxylic acids is 1. The van der Waals surface area contributed by atoms with Gasteiger partial charge in [-0.25, -0.2) is 0 Å². The molecule has 0 aliphatic heterocycles. The third kappa shape index (κ3) is 3.62. The number of carbonyl (C=O) groups is 1. The topological polar surface area (TPSA) is 90.5 Å². The summed E-state index contributed by atoms with van der Waals surface area (Å²) in [6.45, 7) is 1.84. The highest BCUT2D eigenvalue weighted by molar-refractivity contribution is 9.10. The van der Waals surface area contributed by atoms with E-state index < -0.39 is 0 Å². The summed E-state index contributed by atoms with van der Waals surface area (Å²) >= 11 is 3.37. The molecule has 1 N–H and O–H groups in total. The highest BCUT2D eigenvalue weighted by Gasteiger charge is 2.11. The number of nitrogens with zero attached hydrogens (tertiary/aromatic N) is 6. The summed E-state index contributed by atoms with van der Waals surface area (Å²) in [5, 5.41) is 19.0. The van der Waals surface area contributed by atoms with Gasteiger partial charge in [-0.1, -0.05) is 15.9 Å². The van der Waals surface area contributed by atoms with Gasteiger partial charge in [0.15, 0.2) is 0 Å². The van der Waals surface area contributed by atoms with E-state index in [1.807, 2.05) is 31.2 Å². The predicted molar refractivity (Wildman–Crippen MR) is 87.5 cm³/mol. The number of hydrogen-bond donors (Lipinski definition) is 1. The molecule has 2 heterocycles. The van der Waals surface area contributed by atoms with Crippen LogP contribution in [0.4, 0.5) is 5.82 Å². The van der Waals surface area contributed by atoms with Crippen molar-refractivity contribution in [1.82, 2.24) is 30.0 Å². The van der Waals surface area contributed by atoms with Gasteiger partial charge in [0.1, 0.15) is 12.4 Å². The van der Waals surface area contributed by atoms with Gasteiger partial charge in [0.25, 0.3) is 0 Å². The summed E-state index contributed by atoms with van der Waals surface area (Å²) in [6, 6.07) is 9.34. The van der Waals surface area contributed by atoms with Gasteiger partial charge in [0, 0.05) is 23.2 Å². The van der Waals surface area contributed by atoms with Gasteiger partial charge in [-0.2, -0.15) is 9.90 Å². The summed E-state index contributed by atoms with van der Waals surface area (Å²) in [4.78, 5) is 13.3. The molecule has 23 heavy (non-hydrogen) atoms. The third-order valence-corrected chi connectivity index (χ3v) is 3.64. The second-order valence-corrected chi connectivity index (χ2v) is 5.91. The maximum Gasteiger partial charge on any atom is 0.249 e. The van der Waals surface area contributed by atoms with E-state index >= 15 is 0 Å². The number of aryl methyl sites for hydroxylation is 2. The maximum atomic E-state index is 12.0. The number of anilines is 1. The number of amides is 1. The largest absolute Gasteiger partial charge is 0.309 e. The van der Waals surface area contributed by atoms with Gasteiger partial charge < -0.3 is 5.32 Å². The van der Waals surface area contributed by atoms with Crippen LogP contribution in [-0.2, 0) is 18.4 Å². The Balaban J connectivity index is 1.68. The fourth-order valence-corrected chi connectivity index (χ4v) is 2.33. The molecule has 118 valence electrons. The van der Waals surface area contributed by atoms with Crippen molar-refractivity contribution in [3.05, 3.63) is 40.5 Å². The summed E-state index contributed by atoms with van der Waals surface area (Å²) in [5.41, 5.74) is 1.67. The summed E-state index contributed by atoms with van der Waals surface area (Å²) in [6.07, 6.45) is 0. The SMILES string of the molecule is Cc1cc(NC(=O)Cn2nnc(-c3ccc(Br)cc3)n2)n(C)n1. The summed E-state index contributed by atoms with van der Waals surface area (Å²) in [7, 11) is 1.77. The monoisotopic (exact) mass is 375 g/mol. The fraction of sp³-hybridized carbons (Fsp3) is 0.214. The van der Waals surface area contributed by atoms with E-state index in [1.54, 1.807) is 17.8 Å². The standard InChI is InChI=1S/C14H14BrN7O/c1-9-7-12(21(2)18-9)16-13(23)8-22-19-14(17-20-22)10-3-5-11(15)6-4-10/h3-7H,8H2,1-2H3,(H,16,23). The molecule has 0 atom stereocenters. The fourth-order valence-electron chi connectivity index (χ4n) is 2.06. The number of nitrogens with one attached hydrogen (secondary N) is 1. The van der Waals surface area contributed by atoms with Crippen molar-refractivity contribution < 1.29 is 4.79 Å². The van der Waals surface area contributed by atoms with Crippen molar-refractivity contribution in [2.75, 3.05) is 5.32 Å². The number of aromatic nitrogens is 6. The van der Waals surface area contributed by atoms with E-state index in [9.17, 15) is 4.79 Å². The molecule has 0 radical (unpaired) electrons. The maximum absolute atomic E-state index is 12.0. The number of benzene rings is 1. The molecule has 0 saturated heterocycles. The highest BCUT2D eigenvalue weighted by atomic mass is 79.9. The molecular formula is C14H14BrN7O. The van der Waals surface area contributed by atoms with Gasteiger partial charge >= 0.3 is 0 Å². The quantitative estimate of drug-likeness (QED) is 0.750. The Morgan fingerprint density at radius 3 is 2.65 bits per heavy atom. The van der Waals surface area contributed by atoms with Crippen LogP contribution in [0, 0.1) is 6.92 Å². The van der Waals surface area contributed by atoms with Gasteiger partial charge in [-0.05, 0) is 36.4 Å². The lowest BCUT2D eigenvalue weighted by molar-refractivity contribution is -0.117. The average Bonchev–Trinajstić information content (AvgIpc) is 3.07. The Kier molecular flexibility index (Phi) is 4.20. The van der Waals surface area contributed by atoms with Crippen LogP contribution in [0.3, 0.4) is 0 Å². The van der Waals surface area contributed by atoms with E-state index in [4.69, 9.17) is 0 Å². The molecule has 0 aliphatic carbocycles. The Hall–Kier alpha value is -2.55. The first-order valence-electron chi connectivity index (χ1n) is 6.85. The molecule has 0 spiro atoms. The minimum atomic E-state index is -0.243. The van der Waals surface area contributed by atoms with Crippen LogP contribution >= 0.6 is 15.9 Å². The van der Waals surface area contributed by atoms with E-state index in [0.29, 0.717) is 11.6 Å². The van der Waals surface area contributed by atoms with Gasteiger partial charge in [0.2, 0.25) is 11.7 Å². The molecule has 3 aromatic rings. The van der Waals surface area contributed by atoms with Crippen LogP contribution in [-0.4, -0.2) is 35.9 Å². The molecule has 0 bridgehead atoms. The van der Waals surface area contributed by atoms with Crippen LogP contribution in [0.2, 0.25) is 0 Å². The van der Waals surface area contributed by atoms with Gasteiger partial charge in [-0.15, -0.1) is 10.2 Å². The lowest BCUT2D eigenvalue weighted by Crippen LogP contribution is -2.21. The molecule has 3 rings (SSSR count). The van der Waals surface area contributed by atoms with Crippen molar-refractivity contribution in [3.63, 3.8) is 0 Å². The average molecular weight is 376 g/mol. The number of halogens is 1. The Labute approximate surface area is 140 Å². The molecule has 8 nitrogen and oxygen atoms in total. The highest BCUT2D eigenvalue weighted by Crippen LogP contribution is 2.17. The summed E-state index contributed by atoms with van der Waals surface area (Å²) < 4.78 is 2.58. The Morgan fingerprint density at radius 2 is 2.00 bits per heavy atom. The molecule has 2 aromatic heterocycles. The van der Waals surface area contributed by atoms with Crippen LogP contribution in [0.1, 0.15) is 5.69 Å². The Bertz CT molecular complexity index is 837. The zero-order chi connectivity index (χ0) is 16.4. The first-order valence-corrected chi connectivity index (χ1v) is 7.65. The molecule has 9 heteroatoms. The predicted octanol–water partition coefficient (Wildman–Crippen LogP) is 1.78. The second kappa shape index (κ2) is 6.29. The van der Waals surface area contributed by atoms with Crippen molar-refractivity contribution in [2.24, 2.45) is 7.05 Å². The molecular weight excluding hydrogens is 362 g/mol. The molecule has 0 fully saturated rings. The van der Waals surface area contributed by atoms with Gasteiger partial charge in [-0.3, -0.25) is 9.48 Å². The van der Waals surface area contributed by atoms with Crippen LogP contribution in [0.5, 0.6) is 0 Å². The van der Waals surface area contributed by atoms with Crippen molar-refractivity contribution in [2.45, 2.75) is 13.5 Å². The lowest BCUT2D eigenvalue weighted by atomic mass is 10.2. The summed E-state index contributed by atoms with van der Waals surface area (Å²) in [5.74, 6) is 0.857. The molecule has 1 amide bonds. The van der Waals surface area contributed by atoms with Crippen LogP contribution < -0.4 is 5.32 Å². The first-order chi connectivity index (χ1) is 11.0. The molecule has 0 aliphatic rings. The second-order valence-electron chi connectivity index (χ2n) is 4.99. The number of hydrogen-bond acceptors (Lipinski definition) is 5. The smallest absolute Gasteiger partial charge is 0.249 e. The minimum absolute atomic E-state index is 0.0201. The number of rotatable bonds is 4. The number of tetrazole rings is 1. The van der Waals surface area contributed by atoms with E-state index in [0.717, 1.165) is 15.7 Å². The molecule has 0 saturated carbocycles. The molecule has 1 aromatic carbocycles. The van der Waals surface area contributed by atoms with Crippen molar-refractivity contribution in [3.8, 4) is 11.4 Å². The van der Waals surface area contributed by atoms with Crippen molar-refractivity contribution >= 4 is 27.7 Å².